The highest BCUT2D eigenvalue weighted by Gasteiger charge is 2.46. The van der Waals surface area contributed by atoms with E-state index in [-0.39, 0.29) is 56.7 Å². The molecule has 1 aromatic carbocycles. The number of anilines is 1. The van der Waals surface area contributed by atoms with E-state index in [0.717, 1.165) is 16.0 Å². The molecule has 0 unspecified atom stereocenters. The summed E-state index contributed by atoms with van der Waals surface area (Å²) in [6.07, 6.45) is 3.49. The van der Waals surface area contributed by atoms with Crippen LogP contribution in [0, 0.1) is 5.92 Å². The van der Waals surface area contributed by atoms with Gasteiger partial charge in [0.1, 0.15) is 24.7 Å². The van der Waals surface area contributed by atoms with E-state index < -0.39 is 89.0 Å². The predicted molar refractivity (Wildman–Crippen MR) is 230 cm³/mol. The number of carboxylic acids is 1. The molecule has 0 aliphatic carbocycles. The summed E-state index contributed by atoms with van der Waals surface area (Å²) in [7, 11) is 0. The summed E-state index contributed by atoms with van der Waals surface area (Å²) in [4.78, 5) is 121. The lowest BCUT2D eigenvalue weighted by Crippen LogP contribution is -2.57. The average molecular weight is 898 g/mol. The number of nitrogens with zero attached hydrogens (tertiary/aromatic N) is 3. The molecule has 344 valence electrons. The van der Waals surface area contributed by atoms with Crippen molar-refractivity contribution in [2.24, 2.45) is 5.92 Å². The molecule has 4 aliphatic heterocycles. The van der Waals surface area contributed by atoms with Gasteiger partial charge in [-0.15, -0.1) is 0 Å². The normalized spacial score (nSPS) is 18.2. The number of benzene rings is 1. The van der Waals surface area contributed by atoms with Crippen molar-refractivity contribution in [2.45, 2.75) is 116 Å². The number of esters is 1. The number of imide groups is 1. The summed E-state index contributed by atoms with van der Waals surface area (Å²) in [6.45, 7) is 6.80. The fourth-order valence-electron chi connectivity index (χ4n) is 8.60. The predicted octanol–water partition coefficient (Wildman–Crippen LogP) is 1.43. The third-order valence-corrected chi connectivity index (χ3v) is 12.3. The quantitative estimate of drug-likeness (QED) is 0.0469. The lowest BCUT2D eigenvalue weighted by Gasteiger charge is -2.31. The van der Waals surface area contributed by atoms with E-state index in [1.165, 1.54) is 19.1 Å². The number of hydrogen-bond donors (Lipinski definition) is 6. The first-order valence-corrected chi connectivity index (χ1v) is 21.7. The first kappa shape index (κ1) is 46.0. The number of rotatable bonds is 18. The Morgan fingerprint density at radius 1 is 0.877 bits per heavy atom. The van der Waals surface area contributed by atoms with Crippen LogP contribution < -0.4 is 31.6 Å². The van der Waals surface area contributed by atoms with Crippen molar-refractivity contribution >= 4 is 64.0 Å². The Balaban J connectivity index is 1.00. The molecule has 6 amide bonds. The second-order valence-electron chi connectivity index (χ2n) is 16.9. The number of unbranched alkanes of at least 4 members (excludes halogenated alkanes) is 2. The van der Waals surface area contributed by atoms with Gasteiger partial charge in [-0.25, -0.2) is 9.78 Å². The van der Waals surface area contributed by atoms with Crippen molar-refractivity contribution in [3.8, 4) is 17.1 Å². The summed E-state index contributed by atoms with van der Waals surface area (Å²) < 4.78 is 12.8. The molecule has 4 aliphatic rings. The first-order valence-electron chi connectivity index (χ1n) is 21.7. The zero-order valence-electron chi connectivity index (χ0n) is 36.4. The Hall–Kier alpha value is -6.96. The second-order valence-corrected chi connectivity index (χ2v) is 16.9. The largest absolute Gasteiger partial charge is 0.490 e. The Bertz CT molecular complexity index is 2600. The van der Waals surface area contributed by atoms with Crippen LogP contribution in [0.5, 0.6) is 5.75 Å². The average Bonchev–Trinajstić information content (AvgIpc) is 3.81. The van der Waals surface area contributed by atoms with Gasteiger partial charge in [-0.05, 0) is 62.3 Å². The van der Waals surface area contributed by atoms with E-state index in [0.29, 0.717) is 59.4 Å². The maximum atomic E-state index is 13.8. The smallest absolute Gasteiger partial charge is 0.343 e. The number of cyclic esters (lactones) is 1. The van der Waals surface area contributed by atoms with Gasteiger partial charge in [0.2, 0.25) is 23.6 Å². The minimum atomic E-state index is -1.97. The molecule has 20 heteroatoms. The van der Waals surface area contributed by atoms with Crippen molar-refractivity contribution in [1.82, 2.24) is 30.4 Å². The number of aromatic nitrogens is 2. The van der Waals surface area contributed by atoms with E-state index in [9.17, 15) is 53.4 Å². The van der Waals surface area contributed by atoms with E-state index >= 15 is 0 Å². The summed E-state index contributed by atoms with van der Waals surface area (Å²) >= 11 is 0. The molecule has 0 fully saturated rings. The molecule has 0 bridgehead atoms. The topological polar surface area (TPSA) is 282 Å². The Kier molecular flexibility index (Phi) is 13.2. The van der Waals surface area contributed by atoms with Crippen molar-refractivity contribution in [2.75, 3.05) is 18.5 Å². The number of carbonyl (C=O) groups excluding carboxylic acids is 7. The van der Waals surface area contributed by atoms with Crippen LogP contribution in [0.15, 0.2) is 35.1 Å². The van der Waals surface area contributed by atoms with Crippen LogP contribution in [0.1, 0.15) is 94.9 Å². The molecule has 6 heterocycles. The number of fused-ring (bicyclic) bond motifs is 5. The molecule has 65 heavy (non-hydrogen) atoms. The molecule has 0 spiro atoms. The number of pyridine rings is 2. The third-order valence-electron chi connectivity index (χ3n) is 12.3. The minimum Gasteiger partial charge on any atom is -0.490 e. The van der Waals surface area contributed by atoms with Gasteiger partial charge in [-0.2, -0.15) is 0 Å². The van der Waals surface area contributed by atoms with Crippen LogP contribution in [0.25, 0.3) is 22.3 Å². The van der Waals surface area contributed by atoms with Crippen LogP contribution >= 0.6 is 0 Å². The van der Waals surface area contributed by atoms with Gasteiger partial charge in [0.25, 0.3) is 17.4 Å². The number of aliphatic carboxylic acids is 1. The number of aliphatic hydroxyl groups is 1. The molecule has 6 N–H and O–H groups in total. The zero-order valence-corrected chi connectivity index (χ0v) is 36.4. The van der Waals surface area contributed by atoms with Crippen LogP contribution in [0.3, 0.4) is 0 Å². The molecule has 20 nitrogen and oxygen atoms in total. The van der Waals surface area contributed by atoms with Gasteiger partial charge < -0.3 is 45.5 Å². The molecular weight excluding hydrogens is 847 g/mol. The number of amides is 6. The highest BCUT2D eigenvalue weighted by molar-refractivity contribution is 6.13. The summed E-state index contributed by atoms with van der Waals surface area (Å²) in [5, 5.41) is 31.9. The first-order chi connectivity index (χ1) is 30.9. The minimum absolute atomic E-state index is 0.00829. The van der Waals surface area contributed by atoms with E-state index in [1.807, 2.05) is 0 Å². The van der Waals surface area contributed by atoms with E-state index in [2.05, 4.69) is 21.3 Å². The number of hydrogen-bond acceptors (Lipinski definition) is 13. The SMILES string of the molecule is CC[C@@]1(O)C(=O)OCc2c1cc1n(c2=O)Cc2c-1nc1ccc(NC(=O)[C@H](C)NC(=O)[C@@H](NC(=O)[C@H](CCC(=O)O)NC(=O)CCCCCN3C(=O)C=CC3=O)C(C)C)c3c1c2CCO3. The molecular formula is C45H51N7O13. The van der Waals surface area contributed by atoms with Crippen LogP contribution in [0.2, 0.25) is 0 Å². The molecule has 3 aromatic rings. The van der Waals surface area contributed by atoms with E-state index in [4.69, 9.17) is 14.5 Å². The number of nitrogens with one attached hydrogen (secondary N) is 4. The Morgan fingerprint density at radius 3 is 2.31 bits per heavy atom. The van der Waals surface area contributed by atoms with Crippen LogP contribution in [-0.2, 0) is 68.3 Å². The molecule has 0 saturated heterocycles. The molecule has 4 atom stereocenters. The maximum absolute atomic E-state index is 13.8. The lowest BCUT2D eigenvalue weighted by atomic mass is 9.86. The summed E-state index contributed by atoms with van der Waals surface area (Å²) in [5.41, 5.74) is 1.50. The number of ether oxygens (including phenoxy) is 2. The van der Waals surface area contributed by atoms with Crippen molar-refractivity contribution in [1.29, 1.82) is 0 Å². The van der Waals surface area contributed by atoms with Crippen LogP contribution in [0.4, 0.5) is 5.69 Å². The Morgan fingerprint density at radius 2 is 1.62 bits per heavy atom. The monoisotopic (exact) mass is 897 g/mol. The molecule has 0 saturated carbocycles. The second kappa shape index (κ2) is 18.6. The highest BCUT2D eigenvalue weighted by atomic mass is 16.6. The van der Waals surface area contributed by atoms with Crippen molar-refractivity contribution in [3.63, 3.8) is 0 Å². The van der Waals surface area contributed by atoms with Gasteiger partial charge in [-0.1, -0.05) is 27.2 Å². The number of carboxylic acid groups (broad SMARTS) is 1. The van der Waals surface area contributed by atoms with Gasteiger partial charge in [0.15, 0.2) is 11.4 Å². The lowest BCUT2D eigenvalue weighted by molar-refractivity contribution is -0.172. The van der Waals surface area contributed by atoms with Gasteiger partial charge in [0, 0.05) is 54.5 Å². The van der Waals surface area contributed by atoms with Gasteiger partial charge in [-0.3, -0.25) is 43.3 Å². The molecule has 2 aromatic heterocycles. The highest BCUT2D eigenvalue weighted by Crippen LogP contribution is 2.45. The van der Waals surface area contributed by atoms with E-state index in [1.54, 1.807) is 43.5 Å². The summed E-state index contributed by atoms with van der Waals surface area (Å²) in [5.74, 6) is -5.58. The number of carbonyl (C=O) groups is 8. The van der Waals surface area contributed by atoms with Crippen molar-refractivity contribution < 1.29 is 58.0 Å². The fourth-order valence-corrected chi connectivity index (χ4v) is 8.60. The van der Waals surface area contributed by atoms with Crippen LogP contribution in [-0.4, -0.2) is 103 Å². The third kappa shape index (κ3) is 9.07. The molecule has 0 radical (unpaired) electrons. The standard InChI is InChI=1S/C45H51N7O13/c1-5-45(63)27-19-31-38-25(20-52(31)43(61)26(27)21-65-44(45)62)24-16-18-64-39-29(11-10-28(48-38)36(24)39)49-40(58)23(4)46-42(60)37(22(2)3)50-41(59)30(12-15-35(56)57)47-32(53)9-7-6-8-17-51-33(54)13-14-34(51)55/h10-11,13-14,19,22-23,30,37,63H,5-9,12,15-18,20-21H2,1-4H3,(H,46,60)(H,47,53)(H,49,58)(H,50,59)(H,56,57)/t23-,30-,37-,45-/m0/s1. The van der Waals surface area contributed by atoms with Gasteiger partial charge in [0.05, 0.1) is 41.3 Å². The molecule has 7 rings (SSSR count). The summed E-state index contributed by atoms with van der Waals surface area (Å²) in [6, 6.07) is 1.35. The van der Waals surface area contributed by atoms with Crippen molar-refractivity contribution in [3.05, 3.63) is 63.0 Å². The van der Waals surface area contributed by atoms with Gasteiger partial charge >= 0.3 is 11.9 Å². The Labute approximate surface area is 372 Å². The zero-order chi connectivity index (χ0) is 46.9. The maximum Gasteiger partial charge on any atom is 0.343 e. The fraction of sp³-hybridized carbons (Fsp3) is 0.467.